The molecular formula is C19H21ClN3OS+. The maximum absolute atomic E-state index is 12.4. The van der Waals surface area contributed by atoms with Gasteiger partial charge in [-0.25, -0.2) is 4.98 Å². The molecule has 130 valence electrons. The van der Waals surface area contributed by atoms with Gasteiger partial charge in [0.15, 0.2) is 6.54 Å². The molecule has 1 unspecified atom stereocenters. The number of thiazole rings is 1. The van der Waals surface area contributed by atoms with Crippen LogP contribution in [-0.2, 0) is 17.9 Å². The second kappa shape index (κ2) is 7.95. The zero-order chi connectivity index (χ0) is 17.8. The van der Waals surface area contributed by atoms with Crippen molar-refractivity contribution >= 4 is 39.1 Å². The van der Waals surface area contributed by atoms with Crippen molar-refractivity contribution in [3.63, 3.8) is 0 Å². The monoisotopic (exact) mass is 374 g/mol. The molecule has 0 saturated carbocycles. The van der Waals surface area contributed by atoms with E-state index < -0.39 is 0 Å². The van der Waals surface area contributed by atoms with E-state index in [2.05, 4.69) is 11.1 Å². The van der Waals surface area contributed by atoms with Gasteiger partial charge >= 0.3 is 0 Å². The number of hydrogen-bond donors (Lipinski definition) is 1. The number of carbonyl (C=O) groups excluding carboxylic acids is 1. The highest BCUT2D eigenvalue weighted by Gasteiger charge is 2.16. The molecule has 0 saturated heterocycles. The Bertz CT molecular complexity index is 829. The van der Waals surface area contributed by atoms with Crippen LogP contribution in [0.4, 0.5) is 0 Å². The molecule has 3 rings (SSSR count). The normalized spacial score (nSPS) is 12.3. The van der Waals surface area contributed by atoms with Gasteiger partial charge in [-0.1, -0.05) is 35.9 Å². The van der Waals surface area contributed by atoms with E-state index in [9.17, 15) is 4.79 Å². The van der Waals surface area contributed by atoms with Crippen molar-refractivity contribution in [3.05, 3.63) is 64.1 Å². The first kappa shape index (κ1) is 17.9. The third-order valence-corrected chi connectivity index (χ3v) is 5.29. The Labute approximate surface area is 156 Å². The molecule has 3 aromatic rings. The SMILES string of the molecule is CN(Cc1ccc(Cl)cc1)C(=O)C[NH+](C)Cc1nc2ccccc2s1. The van der Waals surface area contributed by atoms with Crippen LogP contribution < -0.4 is 4.90 Å². The zero-order valence-electron chi connectivity index (χ0n) is 14.3. The van der Waals surface area contributed by atoms with E-state index in [1.807, 2.05) is 56.6 Å². The summed E-state index contributed by atoms with van der Waals surface area (Å²) in [6.07, 6.45) is 0. The fraction of sp³-hybridized carbons (Fsp3) is 0.263. The number of nitrogens with zero attached hydrogens (tertiary/aromatic N) is 2. The largest absolute Gasteiger partial charge is 0.337 e. The van der Waals surface area contributed by atoms with Crippen molar-refractivity contribution in [2.75, 3.05) is 20.6 Å². The van der Waals surface area contributed by atoms with E-state index in [4.69, 9.17) is 11.6 Å². The Morgan fingerprint density at radius 3 is 2.64 bits per heavy atom. The van der Waals surface area contributed by atoms with Gasteiger partial charge in [-0.15, -0.1) is 11.3 Å². The molecule has 0 bridgehead atoms. The molecule has 1 aromatic heterocycles. The Morgan fingerprint density at radius 1 is 1.20 bits per heavy atom. The van der Waals surface area contributed by atoms with Gasteiger partial charge in [0, 0.05) is 18.6 Å². The van der Waals surface area contributed by atoms with Crippen LogP contribution in [0.2, 0.25) is 5.02 Å². The number of halogens is 1. The molecule has 4 nitrogen and oxygen atoms in total. The average molecular weight is 375 g/mol. The van der Waals surface area contributed by atoms with Crippen molar-refractivity contribution in [3.8, 4) is 0 Å². The minimum atomic E-state index is 0.119. The van der Waals surface area contributed by atoms with E-state index >= 15 is 0 Å². The van der Waals surface area contributed by atoms with E-state index in [0.717, 1.165) is 27.5 Å². The van der Waals surface area contributed by atoms with Crippen LogP contribution in [0, 0.1) is 0 Å². The Kier molecular flexibility index (Phi) is 5.68. The standard InChI is InChI=1S/C19H20ClN3OS/c1-22(12-18-21-16-5-3-4-6-17(16)25-18)13-19(24)23(2)11-14-7-9-15(20)10-8-14/h3-10H,11-13H2,1-2H3/p+1. The molecule has 0 aliphatic carbocycles. The maximum atomic E-state index is 12.4. The molecule has 1 N–H and O–H groups in total. The fourth-order valence-electron chi connectivity index (χ4n) is 2.66. The maximum Gasteiger partial charge on any atom is 0.277 e. The second-order valence-corrected chi connectivity index (χ2v) is 7.81. The van der Waals surface area contributed by atoms with Crippen LogP contribution in [-0.4, -0.2) is 36.4 Å². The second-order valence-electron chi connectivity index (χ2n) is 6.26. The molecule has 2 aromatic carbocycles. The summed E-state index contributed by atoms with van der Waals surface area (Å²) in [7, 11) is 3.86. The summed E-state index contributed by atoms with van der Waals surface area (Å²) < 4.78 is 1.19. The molecule has 0 aliphatic heterocycles. The molecule has 1 heterocycles. The third kappa shape index (κ3) is 4.78. The summed E-state index contributed by atoms with van der Waals surface area (Å²) >= 11 is 7.59. The molecule has 1 atom stereocenters. The minimum absolute atomic E-state index is 0.119. The van der Waals surface area contributed by atoms with Crippen LogP contribution in [0.5, 0.6) is 0 Å². The number of rotatable bonds is 6. The third-order valence-electron chi connectivity index (χ3n) is 4.00. The number of hydrogen-bond acceptors (Lipinski definition) is 3. The van der Waals surface area contributed by atoms with E-state index in [-0.39, 0.29) is 5.91 Å². The summed E-state index contributed by atoms with van der Waals surface area (Å²) in [4.78, 5) is 20.0. The number of amides is 1. The zero-order valence-corrected chi connectivity index (χ0v) is 15.9. The van der Waals surface area contributed by atoms with Crippen molar-refractivity contribution < 1.29 is 9.69 Å². The number of fused-ring (bicyclic) bond motifs is 1. The van der Waals surface area contributed by atoms with Crippen LogP contribution in [0.3, 0.4) is 0 Å². The van der Waals surface area contributed by atoms with Gasteiger partial charge in [-0.2, -0.15) is 0 Å². The molecule has 0 spiro atoms. The van der Waals surface area contributed by atoms with Gasteiger partial charge in [-0.05, 0) is 29.8 Å². The van der Waals surface area contributed by atoms with Gasteiger partial charge in [0.05, 0.1) is 17.3 Å². The van der Waals surface area contributed by atoms with Crippen LogP contribution >= 0.6 is 22.9 Å². The van der Waals surface area contributed by atoms with Crippen molar-refractivity contribution in [2.24, 2.45) is 0 Å². The van der Waals surface area contributed by atoms with Crippen molar-refractivity contribution in [1.29, 1.82) is 0 Å². The number of para-hydroxylation sites is 1. The van der Waals surface area contributed by atoms with Gasteiger partial charge in [0.1, 0.15) is 11.6 Å². The lowest BCUT2D eigenvalue weighted by molar-refractivity contribution is -0.885. The van der Waals surface area contributed by atoms with Gasteiger partial charge in [-0.3, -0.25) is 4.79 Å². The van der Waals surface area contributed by atoms with E-state index in [1.165, 1.54) is 4.70 Å². The summed E-state index contributed by atoms with van der Waals surface area (Å²) in [6, 6.07) is 15.7. The molecule has 0 aliphatic rings. The van der Waals surface area contributed by atoms with Crippen LogP contribution in [0.25, 0.3) is 10.2 Å². The molecule has 0 radical (unpaired) electrons. The first-order valence-corrected chi connectivity index (χ1v) is 9.35. The van der Waals surface area contributed by atoms with Crippen molar-refractivity contribution in [1.82, 2.24) is 9.88 Å². The van der Waals surface area contributed by atoms with Crippen LogP contribution in [0.15, 0.2) is 48.5 Å². The van der Waals surface area contributed by atoms with E-state index in [0.29, 0.717) is 18.1 Å². The quantitative estimate of drug-likeness (QED) is 0.720. The Morgan fingerprint density at radius 2 is 1.92 bits per heavy atom. The summed E-state index contributed by atoms with van der Waals surface area (Å²) in [5.41, 5.74) is 2.10. The Balaban J connectivity index is 1.55. The summed E-state index contributed by atoms with van der Waals surface area (Å²) in [6.45, 7) is 1.78. The van der Waals surface area contributed by atoms with Gasteiger partial charge in [0.25, 0.3) is 5.91 Å². The molecular weight excluding hydrogens is 354 g/mol. The predicted molar refractivity (Wildman–Crippen MR) is 103 cm³/mol. The predicted octanol–water partition coefficient (Wildman–Crippen LogP) is 2.62. The lowest BCUT2D eigenvalue weighted by Crippen LogP contribution is -3.08. The average Bonchev–Trinajstić information content (AvgIpc) is 2.98. The molecule has 0 fully saturated rings. The highest BCUT2D eigenvalue weighted by atomic mass is 35.5. The van der Waals surface area contributed by atoms with Gasteiger partial charge in [0.2, 0.25) is 0 Å². The molecule has 1 amide bonds. The first-order valence-electron chi connectivity index (χ1n) is 8.15. The van der Waals surface area contributed by atoms with Crippen LogP contribution in [0.1, 0.15) is 10.6 Å². The fourth-order valence-corrected chi connectivity index (χ4v) is 3.87. The topological polar surface area (TPSA) is 37.6 Å². The highest BCUT2D eigenvalue weighted by molar-refractivity contribution is 7.18. The minimum Gasteiger partial charge on any atom is -0.337 e. The van der Waals surface area contributed by atoms with E-state index in [1.54, 1.807) is 16.2 Å². The highest BCUT2D eigenvalue weighted by Crippen LogP contribution is 2.20. The smallest absolute Gasteiger partial charge is 0.277 e. The number of benzene rings is 2. The number of carbonyl (C=O) groups is 1. The lowest BCUT2D eigenvalue weighted by Gasteiger charge is -2.19. The number of nitrogens with one attached hydrogen (secondary N) is 1. The summed E-state index contributed by atoms with van der Waals surface area (Å²) in [5.74, 6) is 0.119. The molecule has 6 heteroatoms. The molecule has 25 heavy (non-hydrogen) atoms. The number of aromatic nitrogens is 1. The summed E-state index contributed by atoms with van der Waals surface area (Å²) in [5, 5.41) is 1.77. The Hall–Kier alpha value is -1.95. The lowest BCUT2D eigenvalue weighted by atomic mass is 10.2. The van der Waals surface area contributed by atoms with Crippen molar-refractivity contribution in [2.45, 2.75) is 13.1 Å². The van der Waals surface area contributed by atoms with Gasteiger partial charge < -0.3 is 9.80 Å². The first-order chi connectivity index (χ1) is 12.0. The number of quaternary nitrogens is 1. The number of likely N-dealkylation sites (N-methyl/N-ethyl adjacent to an activating group) is 2.